The molecule has 9 nitrogen and oxygen atoms in total. The molecule has 1 aliphatic heterocycles. The molecule has 1 N–H and O–H groups in total. The zero-order chi connectivity index (χ0) is 22.2. The number of nitrogens with zero attached hydrogens (tertiary/aromatic N) is 5. The van der Waals surface area contributed by atoms with E-state index in [0.717, 1.165) is 5.57 Å². The van der Waals surface area contributed by atoms with Crippen molar-refractivity contribution in [3.8, 4) is 0 Å². The first-order chi connectivity index (χ1) is 14.0. The molecule has 2 aromatic rings. The van der Waals surface area contributed by atoms with E-state index in [9.17, 15) is 22.8 Å². The number of allylic oxidation sites excluding steroid dienone is 2. The molecule has 0 aliphatic carbocycles. The van der Waals surface area contributed by atoms with Gasteiger partial charge in [0.1, 0.15) is 5.52 Å². The van der Waals surface area contributed by atoms with Crippen molar-refractivity contribution < 1.29 is 22.7 Å². The molecule has 0 spiro atoms. The van der Waals surface area contributed by atoms with E-state index in [1.165, 1.54) is 21.1 Å². The molecule has 3 rings (SSSR count). The van der Waals surface area contributed by atoms with Crippen LogP contribution in [-0.2, 0) is 23.1 Å². The van der Waals surface area contributed by atoms with Crippen molar-refractivity contribution in [1.29, 1.82) is 0 Å². The first-order valence-electron chi connectivity index (χ1n) is 9.02. The lowest BCUT2D eigenvalue weighted by Crippen LogP contribution is -2.54. The number of imidazole rings is 1. The minimum absolute atomic E-state index is 0.0596. The Labute approximate surface area is 174 Å². The minimum atomic E-state index is -5.14. The Morgan fingerprint density at radius 1 is 1.37 bits per heavy atom. The smallest absolute Gasteiger partial charge is 0.433 e. The molecule has 1 atom stereocenters. The molecule has 30 heavy (non-hydrogen) atoms. The summed E-state index contributed by atoms with van der Waals surface area (Å²) in [5.74, 6) is -2.20. The topological polar surface area (TPSA) is 94.3 Å². The second-order valence-electron chi connectivity index (χ2n) is 6.98. The van der Waals surface area contributed by atoms with Crippen LogP contribution in [0.25, 0.3) is 11.2 Å². The van der Waals surface area contributed by atoms with Gasteiger partial charge in [-0.15, -0.1) is 0 Å². The number of carbonyl (C=O) groups excluding carboxylic acids is 1. The molecule has 1 aliphatic rings. The zero-order valence-electron chi connectivity index (χ0n) is 16.5. The third kappa shape index (κ3) is 4.29. The van der Waals surface area contributed by atoms with Crippen LogP contribution >= 0.6 is 11.6 Å². The van der Waals surface area contributed by atoms with Crippen molar-refractivity contribution in [1.82, 2.24) is 24.4 Å². The summed E-state index contributed by atoms with van der Waals surface area (Å²) in [6, 6.07) is 0. The van der Waals surface area contributed by atoms with Crippen molar-refractivity contribution in [2.75, 3.05) is 24.5 Å². The highest BCUT2D eigenvalue weighted by molar-refractivity contribution is 6.28. The highest BCUT2D eigenvalue weighted by Crippen LogP contribution is 2.28. The summed E-state index contributed by atoms with van der Waals surface area (Å²) in [6.45, 7) is 4.45. The van der Waals surface area contributed by atoms with E-state index < -0.39 is 18.4 Å². The monoisotopic (exact) mass is 448 g/mol. The maximum absolute atomic E-state index is 12.8. The zero-order valence-corrected chi connectivity index (χ0v) is 17.2. The first-order valence-corrected chi connectivity index (χ1v) is 9.39. The lowest BCUT2D eigenvalue weighted by atomic mass is 10.3. The highest BCUT2D eigenvalue weighted by Gasteiger charge is 2.44. The number of piperazine rings is 1. The minimum Gasteiger partial charge on any atom is -0.433 e. The lowest BCUT2D eigenvalue weighted by molar-refractivity contribution is -0.205. The number of nitrogens with one attached hydrogen (secondary N) is 1. The summed E-state index contributed by atoms with van der Waals surface area (Å²) >= 11 is 6.04. The van der Waals surface area contributed by atoms with Gasteiger partial charge in [0.15, 0.2) is 17.7 Å². The Balaban J connectivity index is 2.15. The fourth-order valence-corrected chi connectivity index (χ4v) is 3.27. The number of aryl methyl sites for hydroxylation is 1. The quantitative estimate of drug-likeness (QED) is 0.431. The van der Waals surface area contributed by atoms with Gasteiger partial charge in [-0.2, -0.15) is 23.1 Å². The van der Waals surface area contributed by atoms with Crippen molar-refractivity contribution >= 4 is 34.6 Å². The van der Waals surface area contributed by atoms with Gasteiger partial charge in [-0.25, -0.2) is 9.59 Å². The number of hydrogen-bond acceptors (Lipinski definition) is 7. The van der Waals surface area contributed by atoms with Gasteiger partial charge in [-0.05, 0) is 25.4 Å². The van der Waals surface area contributed by atoms with E-state index in [2.05, 4.69) is 20.0 Å². The maximum atomic E-state index is 12.8. The summed E-state index contributed by atoms with van der Waals surface area (Å²) in [6.07, 6.45) is -4.62. The van der Waals surface area contributed by atoms with Crippen LogP contribution in [0.15, 0.2) is 16.4 Å². The molecule has 1 unspecified atom stereocenters. The standard InChI is InChI=1S/C17H20ClF3N6O3/c1-9(2)4-6-27-11-12(25(3)16(27)29)23-15(18)24-13(11)26-7-5-22-8-10(26)30-14(28)17(19,20)21/h4,10,22H,5-8H2,1-3H3. The molecule has 3 heterocycles. The predicted molar refractivity (Wildman–Crippen MR) is 103 cm³/mol. The Morgan fingerprint density at radius 2 is 2.07 bits per heavy atom. The van der Waals surface area contributed by atoms with E-state index in [1.54, 1.807) is 0 Å². The number of fused-ring (bicyclic) bond motifs is 1. The maximum Gasteiger partial charge on any atom is 0.491 e. The summed E-state index contributed by atoms with van der Waals surface area (Å²) in [4.78, 5) is 33.8. The van der Waals surface area contributed by atoms with Gasteiger partial charge in [0.25, 0.3) is 0 Å². The second-order valence-corrected chi connectivity index (χ2v) is 7.32. The van der Waals surface area contributed by atoms with Gasteiger partial charge >= 0.3 is 17.8 Å². The summed E-state index contributed by atoms with van der Waals surface area (Å²) in [5, 5.41) is 2.69. The Bertz CT molecular complexity index is 1060. The number of hydrogen-bond donors (Lipinski definition) is 1. The molecule has 1 fully saturated rings. The van der Waals surface area contributed by atoms with Crippen molar-refractivity contribution in [2.45, 2.75) is 32.8 Å². The molecule has 0 amide bonds. The molecule has 164 valence electrons. The molecule has 0 saturated carbocycles. The lowest BCUT2D eigenvalue weighted by Gasteiger charge is -2.36. The summed E-state index contributed by atoms with van der Waals surface area (Å²) in [5.41, 5.74) is 1.09. The molecular weight excluding hydrogens is 429 g/mol. The predicted octanol–water partition coefficient (Wildman–Crippen LogP) is 1.59. The van der Waals surface area contributed by atoms with E-state index in [-0.39, 0.29) is 42.1 Å². The largest absolute Gasteiger partial charge is 0.491 e. The SMILES string of the molecule is CC(C)=CCn1c(=O)n(C)c2nc(Cl)nc(N3CCNCC3OC(=O)C(F)(F)F)c21. The molecule has 2 aromatic heterocycles. The van der Waals surface area contributed by atoms with E-state index in [0.29, 0.717) is 12.1 Å². The van der Waals surface area contributed by atoms with Gasteiger partial charge in [0, 0.05) is 26.7 Å². The Hall–Kier alpha value is -2.60. The van der Waals surface area contributed by atoms with Gasteiger partial charge in [-0.3, -0.25) is 9.13 Å². The van der Waals surface area contributed by atoms with Crippen molar-refractivity contribution in [2.24, 2.45) is 7.05 Å². The average Bonchev–Trinajstić information content (AvgIpc) is 2.90. The number of rotatable bonds is 4. The van der Waals surface area contributed by atoms with Crippen LogP contribution in [0.5, 0.6) is 0 Å². The second kappa shape index (κ2) is 8.26. The van der Waals surface area contributed by atoms with Crippen LogP contribution in [-0.4, -0.2) is 57.1 Å². The van der Waals surface area contributed by atoms with Crippen LogP contribution in [0.3, 0.4) is 0 Å². The van der Waals surface area contributed by atoms with Crippen molar-refractivity contribution in [3.63, 3.8) is 0 Å². The average molecular weight is 449 g/mol. The molecule has 0 bridgehead atoms. The Morgan fingerprint density at radius 3 is 2.70 bits per heavy atom. The van der Waals surface area contributed by atoms with Crippen LogP contribution in [0.1, 0.15) is 13.8 Å². The molecule has 0 radical (unpaired) electrons. The van der Waals surface area contributed by atoms with Crippen LogP contribution < -0.4 is 15.9 Å². The fourth-order valence-electron chi connectivity index (χ4n) is 3.11. The van der Waals surface area contributed by atoms with E-state index in [4.69, 9.17) is 11.6 Å². The third-order valence-corrected chi connectivity index (χ3v) is 4.72. The van der Waals surface area contributed by atoms with Gasteiger partial charge < -0.3 is 15.0 Å². The third-order valence-electron chi connectivity index (χ3n) is 4.55. The summed E-state index contributed by atoms with van der Waals surface area (Å²) < 4.78 is 45.6. The van der Waals surface area contributed by atoms with Gasteiger partial charge in [0.2, 0.25) is 5.28 Å². The number of aromatic nitrogens is 4. The van der Waals surface area contributed by atoms with Crippen LogP contribution in [0.4, 0.5) is 19.0 Å². The van der Waals surface area contributed by atoms with Crippen LogP contribution in [0, 0.1) is 0 Å². The van der Waals surface area contributed by atoms with Crippen molar-refractivity contribution in [3.05, 3.63) is 27.4 Å². The van der Waals surface area contributed by atoms with Crippen LogP contribution in [0.2, 0.25) is 5.28 Å². The fraction of sp³-hybridized carbons (Fsp3) is 0.529. The van der Waals surface area contributed by atoms with Gasteiger partial charge in [0.05, 0.1) is 6.54 Å². The first kappa shape index (κ1) is 22.1. The number of ether oxygens (including phenoxy) is 1. The highest BCUT2D eigenvalue weighted by atomic mass is 35.5. The number of anilines is 1. The summed E-state index contributed by atoms with van der Waals surface area (Å²) in [7, 11) is 1.51. The van der Waals surface area contributed by atoms with E-state index in [1.807, 2.05) is 19.9 Å². The number of esters is 1. The number of alkyl halides is 3. The number of carbonyl (C=O) groups is 1. The van der Waals surface area contributed by atoms with E-state index >= 15 is 0 Å². The molecular formula is C17H20ClF3N6O3. The Kier molecular flexibility index (Phi) is 6.09. The normalized spacial score (nSPS) is 17.3. The molecule has 0 aromatic carbocycles. The number of halogens is 4. The van der Waals surface area contributed by atoms with Gasteiger partial charge in [-0.1, -0.05) is 11.6 Å². The molecule has 13 heteroatoms. The molecule has 1 saturated heterocycles.